The molecule has 20 heavy (non-hydrogen) atoms. The lowest BCUT2D eigenvalue weighted by Crippen LogP contribution is -2.11. The van der Waals surface area contributed by atoms with Crippen LogP contribution in [0.4, 0.5) is 5.69 Å². The van der Waals surface area contributed by atoms with E-state index < -0.39 is 0 Å². The molecular weight excluding hydrogens is 250 g/mol. The first-order valence-electron chi connectivity index (χ1n) is 6.39. The molecule has 0 atom stereocenters. The SMILES string of the molecule is C=C(C)C(=O)Nc1ccc(OCc2ccccc2)cc1. The summed E-state index contributed by atoms with van der Waals surface area (Å²) in [6, 6.07) is 17.2. The van der Waals surface area contributed by atoms with Gasteiger partial charge in [-0.1, -0.05) is 36.9 Å². The van der Waals surface area contributed by atoms with Gasteiger partial charge in [-0.25, -0.2) is 0 Å². The first kappa shape index (κ1) is 13.9. The van der Waals surface area contributed by atoms with Crippen LogP contribution in [0.25, 0.3) is 0 Å². The minimum absolute atomic E-state index is 0.178. The fourth-order valence-corrected chi connectivity index (χ4v) is 1.61. The summed E-state index contributed by atoms with van der Waals surface area (Å²) < 4.78 is 5.67. The average molecular weight is 267 g/mol. The van der Waals surface area contributed by atoms with Crippen molar-refractivity contribution in [3.05, 3.63) is 72.3 Å². The molecular formula is C17H17NO2. The number of nitrogens with one attached hydrogen (secondary N) is 1. The monoisotopic (exact) mass is 267 g/mol. The van der Waals surface area contributed by atoms with Gasteiger partial charge in [0.25, 0.3) is 5.91 Å². The van der Waals surface area contributed by atoms with Gasteiger partial charge in [-0.05, 0) is 36.8 Å². The highest BCUT2D eigenvalue weighted by molar-refractivity contribution is 6.02. The number of carbonyl (C=O) groups excluding carboxylic acids is 1. The summed E-state index contributed by atoms with van der Waals surface area (Å²) in [5.41, 5.74) is 2.33. The third-order valence-electron chi connectivity index (χ3n) is 2.75. The van der Waals surface area contributed by atoms with Crippen LogP contribution in [-0.4, -0.2) is 5.91 Å². The molecule has 0 fully saturated rings. The molecule has 0 aliphatic carbocycles. The van der Waals surface area contributed by atoms with E-state index >= 15 is 0 Å². The summed E-state index contributed by atoms with van der Waals surface area (Å²) in [5, 5.41) is 2.75. The molecule has 0 saturated heterocycles. The lowest BCUT2D eigenvalue weighted by molar-refractivity contribution is -0.112. The Balaban J connectivity index is 1.91. The summed E-state index contributed by atoms with van der Waals surface area (Å²) in [4.78, 5) is 11.5. The van der Waals surface area contributed by atoms with E-state index in [1.54, 1.807) is 19.1 Å². The molecule has 0 spiro atoms. The normalized spacial score (nSPS) is 9.85. The molecule has 0 saturated carbocycles. The van der Waals surface area contributed by atoms with E-state index in [0.717, 1.165) is 17.0 Å². The number of ether oxygens (including phenoxy) is 1. The Kier molecular flexibility index (Phi) is 4.56. The molecule has 3 nitrogen and oxygen atoms in total. The number of hydrogen-bond acceptors (Lipinski definition) is 2. The Hall–Kier alpha value is -2.55. The molecule has 0 aromatic heterocycles. The molecule has 0 bridgehead atoms. The zero-order valence-corrected chi connectivity index (χ0v) is 11.4. The minimum atomic E-state index is -0.178. The molecule has 1 amide bonds. The van der Waals surface area contributed by atoms with Gasteiger partial charge < -0.3 is 10.1 Å². The predicted octanol–water partition coefficient (Wildman–Crippen LogP) is 3.78. The van der Waals surface area contributed by atoms with Gasteiger partial charge >= 0.3 is 0 Å². The van der Waals surface area contributed by atoms with Gasteiger partial charge in [0.1, 0.15) is 12.4 Å². The quantitative estimate of drug-likeness (QED) is 0.837. The maximum absolute atomic E-state index is 11.5. The molecule has 2 rings (SSSR count). The lowest BCUT2D eigenvalue weighted by Gasteiger charge is -2.08. The van der Waals surface area contributed by atoms with Crippen molar-refractivity contribution in [1.82, 2.24) is 0 Å². The second-order valence-corrected chi connectivity index (χ2v) is 4.53. The van der Waals surface area contributed by atoms with Crippen molar-refractivity contribution in [2.75, 3.05) is 5.32 Å². The van der Waals surface area contributed by atoms with Crippen LogP contribution in [0.5, 0.6) is 5.75 Å². The Morgan fingerprint density at radius 1 is 1.10 bits per heavy atom. The van der Waals surface area contributed by atoms with Crippen molar-refractivity contribution in [3.8, 4) is 5.75 Å². The van der Waals surface area contributed by atoms with E-state index in [4.69, 9.17) is 4.74 Å². The van der Waals surface area contributed by atoms with E-state index in [9.17, 15) is 4.79 Å². The predicted molar refractivity (Wildman–Crippen MR) is 80.7 cm³/mol. The van der Waals surface area contributed by atoms with Crippen molar-refractivity contribution in [1.29, 1.82) is 0 Å². The Morgan fingerprint density at radius 3 is 2.35 bits per heavy atom. The number of benzene rings is 2. The maximum atomic E-state index is 11.5. The van der Waals surface area contributed by atoms with E-state index in [0.29, 0.717) is 12.2 Å². The molecule has 0 heterocycles. The molecule has 0 aliphatic rings. The van der Waals surface area contributed by atoms with Crippen LogP contribution < -0.4 is 10.1 Å². The second kappa shape index (κ2) is 6.57. The van der Waals surface area contributed by atoms with Gasteiger partial charge in [0.05, 0.1) is 0 Å². The molecule has 2 aromatic rings. The van der Waals surface area contributed by atoms with Crippen molar-refractivity contribution in [3.63, 3.8) is 0 Å². The Morgan fingerprint density at radius 2 is 1.75 bits per heavy atom. The number of carbonyl (C=O) groups is 1. The molecule has 0 unspecified atom stereocenters. The van der Waals surface area contributed by atoms with Gasteiger partial charge in [-0.15, -0.1) is 0 Å². The highest BCUT2D eigenvalue weighted by Gasteiger charge is 2.02. The molecule has 2 aromatic carbocycles. The minimum Gasteiger partial charge on any atom is -0.489 e. The van der Waals surface area contributed by atoms with Crippen LogP contribution >= 0.6 is 0 Å². The first-order chi connectivity index (χ1) is 9.65. The third-order valence-corrected chi connectivity index (χ3v) is 2.75. The molecule has 0 radical (unpaired) electrons. The number of anilines is 1. The highest BCUT2D eigenvalue weighted by atomic mass is 16.5. The van der Waals surface area contributed by atoms with Crippen LogP contribution in [0, 0.1) is 0 Å². The zero-order chi connectivity index (χ0) is 14.4. The second-order valence-electron chi connectivity index (χ2n) is 4.53. The smallest absolute Gasteiger partial charge is 0.250 e. The summed E-state index contributed by atoms with van der Waals surface area (Å²) in [6.45, 7) is 5.79. The fourth-order valence-electron chi connectivity index (χ4n) is 1.61. The molecule has 3 heteroatoms. The summed E-state index contributed by atoms with van der Waals surface area (Å²) in [6.07, 6.45) is 0. The topological polar surface area (TPSA) is 38.3 Å². The number of hydrogen-bond donors (Lipinski definition) is 1. The maximum Gasteiger partial charge on any atom is 0.250 e. The molecule has 0 aliphatic heterocycles. The summed E-state index contributed by atoms with van der Waals surface area (Å²) in [7, 11) is 0. The number of amides is 1. The van der Waals surface area contributed by atoms with Crippen molar-refractivity contribution >= 4 is 11.6 Å². The standard InChI is InChI=1S/C17H17NO2/c1-13(2)17(19)18-15-8-10-16(11-9-15)20-12-14-6-4-3-5-7-14/h3-11H,1,12H2,2H3,(H,18,19). The van der Waals surface area contributed by atoms with Gasteiger partial charge in [-0.3, -0.25) is 4.79 Å². The van der Waals surface area contributed by atoms with Gasteiger partial charge in [0.15, 0.2) is 0 Å². The van der Waals surface area contributed by atoms with Crippen molar-refractivity contribution in [2.45, 2.75) is 13.5 Å². The number of rotatable bonds is 5. The van der Waals surface area contributed by atoms with Gasteiger partial charge in [0.2, 0.25) is 0 Å². The van der Waals surface area contributed by atoms with E-state index in [1.165, 1.54) is 0 Å². The Bertz CT molecular complexity index is 588. The summed E-state index contributed by atoms with van der Waals surface area (Å²) in [5.74, 6) is 0.588. The van der Waals surface area contributed by atoms with Crippen molar-refractivity contribution in [2.24, 2.45) is 0 Å². The van der Waals surface area contributed by atoms with Gasteiger partial charge in [-0.2, -0.15) is 0 Å². The molecule has 102 valence electrons. The molecule has 1 N–H and O–H groups in total. The zero-order valence-electron chi connectivity index (χ0n) is 11.4. The van der Waals surface area contributed by atoms with E-state index in [-0.39, 0.29) is 5.91 Å². The van der Waals surface area contributed by atoms with Crippen LogP contribution in [0.15, 0.2) is 66.7 Å². The van der Waals surface area contributed by atoms with Crippen LogP contribution in [0.1, 0.15) is 12.5 Å². The van der Waals surface area contributed by atoms with Crippen molar-refractivity contribution < 1.29 is 9.53 Å². The third kappa shape index (κ3) is 3.99. The van der Waals surface area contributed by atoms with Crippen LogP contribution in [0.3, 0.4) is 0 Å². The van der Waals surface area contributed by atoms with E-state index in [2.05, 4.69) is 11.9 Å². The largest absolute Gasteiger partial charge is 0.489 e. The highest BCUT2D eigenvalue weighted by Crippen LogP contribution is 2.17. The lowest BCUT2D eigenvalue weighted by atomic mass is 10.2. The Labute approximate surface area is 118 Å². The average Bonchev–Trinajstić information content (AvgIpc) is 2.47. The van der Waals surface area contributed by atoms with Crippen LogP contribution in [0.2, 0.25) is 0 Å². The van der Waals surface area contributed by atoms with Crippen LogP contribution in [-0.2, 0) is 11.4 Å². The fraction of sp³-hybridized carbons (Fsp3) is 0.118. The summed E-state index contributed by atoms with van der Waals surface area (Å²) >= 11 is 0. The van der Waals surface area contributed by atoms with E-state index in [1.807, 2.05) is 42.5 Å². The van der Waals surface area contributed by atoms with Gasteiger partial charge in [0, 0.05) is 11.3 Å². The first-order valence-corrected chi connectivity index (χ1v) is 6.39.